The molecule has 3 rings (SSSR count). The van der Waals surface area contributed by atoms with Crippen LogP contribution in [0.15, 0.2) is 28.8 Å². The molecule has 2 atom stereocenters. The van der Waals surface area contributed by atoms with Crippen molar-refractivity contribution in [2.75, 3.05) is 13.1 Å². The van der Waals surface area contributed by atoms with Gasteiger partial charge in [0, 0.05) is 12.1 Å². The number of halogens is 1. The van der Waals surface area contributed by atoms with Crippen molar-refractivity contribution < 1.29 is 18.8 Å². The van der Waals surface area contributed by atoms with Crippen molar-refractivity contribution in [3.05, 3.63) is 36.0 Å². The van der Waals surface area contributed by atoms with Gasteiger partial charge in [0.2, 0.25) is 11.7 Å². The zero-order valence-electron chi connectivity index (χ0n) is 12.8. The number of hydrogen-bond donors (Lipinski definition) is 1. The Hall–Kier alpha value is -2.28. The van der Waals surface area contributed by atoms with Crippen molar-refractivity contribution in [2.24, 2.45) is 0 Å². The zero-order valence-corrected chi connectivity index (χ0v) is 12.8. The van der Waals surface area contributed by atoms with Crippen molar-refractivity contribution in [1.82, 2.24) is 15.0 Å². The summed E-state index contributed by atoms with van der Waals surface area (Å²) in [6.07, 6.45) is 1.74. The maximum atomic E-state index is 13.3. The molecular weight excluding hydrogens is 301 g/mol. The van der Waals surface area contributed by atoms with Crippen molar-refractivity contribution >= 4 is 5.97 Å². The van der Waals surface area contributed by atoms with E-state index in [1.165, 1.54) is 12.1 Å². The predicted octanol–water partition coefficient (Wildman–Crippen LogP) is 2.53. The van der Waals surface area contributed by atoms with Gasteiger partial charge in [-0.15, -0.1) is 0 Å². The molecule has 1 aromatic carbocycles. The minimum absolute atomic E-state index is 0.000333. The zero-order chi connectivity index (χ0) is 16.4. The van der Waals surface area contributed by atoms with Gasteiger partial charge >= 0.3 is 5.97 Å². The van der Waals surface area contributed by atoms with Gasteiger partial charge in [0.15, 0.2) is 0 Å². The number of nitrogens with zero attached hydrogens (tertiary/aromatic N) is 3. The fraction of sp³-hybridized carbons (Fsp3) is 0.438. The Balaban J connectivity index is 1.76. The van der Waals surface area contributed by atoms with Crippen LogP contribution in [0.4, 0.5) is 4.39 Å². The van der Waals surface area contributed by atoms with Crippen LogP contribution in [-0.4, -0.2) is 45.2 Å². The topological polar surface area (TPSA) is 79.5 Å². The predicted molar refractivity (Wildman–Crippen MR) is 80.3 cm³/mol. The molecule has 1 aromatic heterocycles. The van der Waals surface area contributed by atoms with Crippen molar-refractivity contribution in [2.45, 2.75) is 31.7 Å². The number of carboxylic acid groups (broad SMARTS) is 1. The Labute approximate surface area is 132 Å². The van der Waals surface area contributed by atoms with E-state index >= 15 is 0 Å². The lowest BCUT2D eigenvalue weighted by Crippen LogP contribution is -2.44. The van der Waals surface area contributed by atoms with E-state index in [0.29, 0.717) is 23.8 Å². The summed E-state index contributed by atoms with van der Waals surface area (Å²) in [4.78, 5) is 17.4. The lowest BCUT2D eigenvalue weighted by atomic mass is 9.97. The standard InChI is InChI=1S/C16H18FN3O3/c1-10(16(21)22)20-7-3-5-12(9-20)15-18-14(19-23-15)11-4-2-6-13(17)8-11/h2,4,6,8,10,12H,3,5,7,9H2,1H3,(H,21,22)/t10-,12-/m0/s1. The molecule has 1 aliphatic heterocycles. The average molecular weight is 319 g/mol. The summed E-state index contributed by atoms with van der Waals surface area (Å²) in [5.41, 5.74) is 0.562. The lowest BCUT2D eigenvalue weighted by molar-refractivity contribution is -0.143. The molecule has 23 heavy (non-hydrogen) atoms. The smallest absolute Gasteiger partial charge is 0.320 e. The normalized spacial score (nSPS) is 20.3. The number of aromatic nitrogens is 2. The molecule has 2 heterocycles. The van der Waals surface area contributed by atoms with Crippen molar-refractivity contribution in [3.63, 3.8) is 0 Å². The first-order valence-electron chi connectivity index (χ1n) is 7.61. The lowest BCUT2D eigenvalue weighted by Gasteiger charge is -2.33. The summed E-state index contributed by atoms with van der Waals surface area (Å²) >= 11 is 0. The highest BCUT2D eigenvalue weighted by Gasteiger charge is 2.30. The average Bonchev–Trinajstić information content (AvgIpc) is 3.04. The SMILES string of the molecule is C[C@@H](C(=O)O)N1CCC[C@H](c2nc(-c3cccc(F)c3)no2)C1. The van der Waals surface area contributed by atoms with Gasteiger partial charge in [-0.2, -0.15) is 4.98 Å². The number of carbonyl (C=O) groups is 1. The largest absolute Gasteiger partial charge is 0.480 e. The summed E-state index contributed by atoms with van der Waals surface area (Å²) in [5, 5.41) is 13.1. The summed E-state index contributed by atoms with van der Waals surface area (Å²) in [6, 6.07) is 5.49. The molecule has 1 N–H and O–H groups in total. The molecule has 7 heteroatoms. The second-order valence-corrected chi connectivity index (χ2v) is 5.81. The second kappa shape index (κ2) is 6.45. The highest BCUT2D eigenvalue weighted by Crippen LogP contribution is 2.28. The van der Waals surface area contributed by atoms with E-state index in [-0.39, 0.29) is 11.7 Å². The molecule has 0 bridgehead atoms. The fourth-order valence-electron chi connectivity index (χ4n) is 2.86. The molecule has 2 aromatic rings. The van der Waals surface area contributed by atoms with Crippen LogP contribution < -0.4 is 0 Å². The molecule has 0 saturated carbocycles. The van der Waals surface area contributed by atoms with Crippen LogP contribution in [0.5, 0.6) is 0 Å². The van der Waals surface area contributed by atoms with Gasteiger partial charge in [-0.05, 0) is 38.4 Å². The monoisotopic (exact) mass is 319 g/mol. The quantitative estimate of drug-likeness (QED) is 0.933. The number of benzene rings is 1. The maximum absolute atomic E-state index is 13.3. The third-order valence-corrected chi connectivity index (χ3v) is 4.23. The molecule has 6 nitrogen and oxygen atoms in total. The Morgan fingerprint density at radius 2 is 2.35 bits per heavy atom. The fourth-order valence-corrected chi connectivity index (χ4v) is 2.86. The molecular formula is C16H18FN3O3. The van der Waals surface area contributed by atoms with E-state index in [0.717, 1.165) is 19.4 Å². The van der Waals surface area contributed by atoms with Gasteiger partial charge in [-0.25, -0.2) is 4.39 Å². The van der Waals surface area contributed by atoms with Crippen LogP contribution in [0.1, 0.15) is 31.6 Å². The molecule has 0 amide bonds. The van der Waals surface area contributed by atoms with E-state index < -0.39 is 12.0 Å². The number of likely N-dealkylation sites (tertiary alicyclic amines) is 1. The van der Waals surface area contributed by atoms with Crippen LogP contribution >= 0.6 is 0 Å². The van der Waals surface area contributed by atoms with Crippen molar-refractivity contribution in [3.8, 4) is 11.4 Å². The molecule has 122 valence electrons. The van der Waals surface area contributed by atoms with Crippen molar-refractivity contribution in [1.29, 1.82) is 0 Å². The minimum atomic E-state index is -0.836. The summed E-state index contributed by atoms with van der Waals surface area (Å²) in [7, 11) is 0. The van der Waals surface area contributed by atoms with Crippen LogP contribution in [0.3, 0.4) is 0 Å². The Morgan fingerprint density at radius 1 is 1.52 bits per heavy atom. The van der Waals surface area contributed by atoms with Gasteiger partial charge in [0.25, 0.3) is 0 Å². The molecule has 1 fully saturated rings. The van der Waals surface area contributed by atoms with Crippen LogP contribution in [0, 0.1) is 5.82 Å². The van der Waals surface area contributed by atoms with Gasteiger partial charge in [0.1, 0.15) is 11.9 Å². The molecule has 1 aliphatic rings. The van der Waals surface area contributed by atoms with Gasteiger partial charge in [-0.1, -0.05) is 17.3 Å². The number of hydrogen-bond acceptors (Lipinski definition) is 5. The van der Waals surface area contributed by atoms with Gasteiger partial charge < -0.3 is 9.63 Å². The summed E-state index contributed by atoms with van der Waals surface area (Å²) in [5.74, 6) is -0.362. The molecule has 0 unspecified atom stereocenters. The summed E-state index contributed by atoms with van der Waals surface area (Å²) in [6.45, 7) is 2.99. The Kier molecular flexibility index (Phi) is 4.38. The van der Waals surface area contributed by atoms with E-state index in [1.807, 2.05) is 4.90 Å². The van der Waals surface area contributed by atoms with Crippen LogP contribution in [-0.2, 0) is 4.79 Å². The third-order valence-electron chi connectivity index (χ3n) is 4.23. The minimum Gasteiger partial charge on any atom is -0.480 e. The molecule has 0 aliphatic carbocycles. The maximum Gasteiger partial charge on any atom is 0.320 e. The van der Waals surface area contributed by atoms with Crippen LogP contribution in [0.25, 0.3) is 11.4 Å². The molecule has 1 saturated heterocycles. The van der Waals surface area contributed by atoms with Gasteiger partial charge in [0.05, 0.1) is 5.92 Å². The molecule has 0 spiro atoms. The highest BCUT2D eigenvalue weighted by atomic mass is 19.1. The van der Waals surface area contributed by atoms with Gasteiger partial charge in [-0.3, -0.25) is 9.69 Å². The van der Waals surface area contributed by atoms with E-state index in [9.17, 15) is 9.18 Å². The number of carboxylic acids is 1. The first-order valence-corrected chi connectivity index (χ1v) is 7.61. The highest BCUT2D eigenvalue weighted by molar-refractivity contribution is 5.72. The van der Waals surface area contributed by atoms with E-state index in [2.05, 4.69) is 10.1 Å². The molecule has 0 radical (unpaired) electrons. The Bertz CT molecular complexity index is 703. The van der Waals surface area contributed by atoms with Crippen LogP contribution in [0.2, 0.25) is 0 Å². The second-order valence-electron chi connectivity index (χ2n) is 5.81. The third kappa shape index (κ3) is 3.39. The number of piperidine rings is 1. The summed E-state index contributed by atoms with van der Waals surface area (Å²) < 4.78 is 18.6. The van der Waals surface area contributed by atoms with E-state index in [1.54, 1.807) is 19.1 Å². The first-order chi connectivity index (χ1) is 11.0. The Morgan fingerprint density at radius 3 is 3.09 bits per heavy atom. The number of aliphatic carboxylic acids is 1. The first kappa shape index (κ1) is 15.6. The van der Waals surface area contributed by atoms with E-state index in [4.69, 9.17) is 9.63 Å². The number of rotatable bonds is 4.